The lowest BCUT2D eigenvalue weighted by Crippen LogP contribution is -2.52. The van der Waals surface area contributed by atoms with Crippen LogP contribution < -0.4 is 0 Å². The number of piperazine rings is 1. The molecule has 1 atom stereocenters. The fourth-order valence-electron chi connectivity index (χ4n) is 3.61. The average Bonchev–Trinajstić information content (AvgIpc) is 3.49. The van der Waals surface area contributed by atoms with Crippen molar-refractivity contribution in [3.63, 3.8) is 0 Å². The van der Waals surface area contributed by atoms with Crippen molar-refractivity contribution in [3.05, 3.63) is 47.8 Å². The van der Waals surface area contributed by atoms with Crippen LogP contribution >= 0.6 is 23.1 Å². The summed E-state index contributed by atoms with van der Waals surface area (Å²) < 4.78 is 29.1. The molecular weight excluding hydrogens is 466 g/mol. The van der Waals surface area contributed by atoms with Crippen molar-refractivity contribution in [2.75, 3.05) is 26.2 Å². The van der Waals surface area contributed by atoms with Gasteiger partial charge in [0.05, 0.1) is 15.0 Å². The zero-order valence-corrected chi connectivity index (χ0v) is 20.4. The normalized spacial score (nSPS) is 16.2. The van der Waals surface area contributed by atoms with E-state index in [9.17, 15) is 13.2 Å². The second-order valence-corrected chi connectivity index (χ2v) is 11.5. The molecule has 170 valence electrons. The molecule has 3 heterocycles. The Morgan fingerprint density at radius 3 is 2.44 bits per heavy atom. The van der Waals surface area contributed by atoms with Gasteiger partial charge in [-0.3, -0.25) is 4.79 Å². The van der Waals surface area contributed by atoms with E-state index in [4.69, 9.17) is 0 Å². The van der Waals surface area contributed by atoms with Crippen molar-refractivity contribution in [1.29, 1.82) is 0 Å². The lowest BCUT2D eigenvalue weighted by Gasteiger charge is -2.35. The van der Waals surface area contributed by atoms with Gasteiger partial charge in [-0.25, -0.2) is 8.42 Å². The highest BCUT2D eigenvalue weighted by Gasteiger charge is 2.32. The van der Waals surface area contributed by atoms with E-state index in [1.807, 2.05) is 35.9 Å². The van der Waals surface area contributed by atoms with Crippen LogP contribution in [0.15, 0.2) is 57.9 Å². The standard InChI is InChI=1S/C21H25N5O3S3/c1-3-26-19(18-10-7-15-30-18)22-23-21(26)31-16(2)20(27)24-11-13-25(14-12-24)32(28,29)17-8-5-4-6-9-17/h4-10,15-16H,3,11-14H2,1-2H3. The van der Waals surface area contributed by atoms with Crippen LogP contribution in [-0.4, -0.2) is 69.7 Å². The summed E-state index contributed by atoms with van der Waals surface area (Å²) in [5.41, 5.74) is 0. The predicted molar refractivity (Wildman–Crippen MR) is 126 cm³/mol. The Bertz CT molecular complexity index is 1150. The summed E-state index contributed by atoms with van der Waals surface area (Å²) in [5, 5.41) is 11.0. The van der Waals surface area contributed by atoms with Gasteiger partial charge in [0.2, 0.25) is 15.9 Å². The number of sulfonamides is 1. The molecular formula is C21H25N5O3S3. The van der Waals surface area contributed by atoms with E-state index in [2.05, 4.69) is 10.2 Å². The van der Waals surface area contributed by atoms with Crippen LogP contribution in [0.5, 0.6) is 0 Å². The fourth-order valence-corrected chi connectivity index (χ4v) is 6.76. The maximum absolute atomic E-state index is 13.0. The van der Waals surface area contributed by atoms with Crippen LogP contribution in [0.2, 0.25) is 0 Å². The molecule has 0 spiro atoms. The quantitative estimate of drug-likeness (QED) is 0.472. The maximum atomic E-state index is 13.0. The van der Waals surface area contributed by atoms with Crippen LogP contribution in [0.4, 0.5) is 0 Å². The van der Waals surface area contributed by atoms with Crippen molar-refractivity contribution in [2.45, 2.75) is 35.7 Å². The first-order valence-corrected chi connectivity index (χ1v) is 13.6. The number of nitrogens with zero attached hydrogens (tertiary/aromatic N) is 5. The maximum Gasteiger partial charge on any atom is 0.243 e. The van der Waals surface area contributed by atoms with Crippen LogP contribution in [0.25, 0.3) is 10.7 Å². The van der Waals surface area contributed by atoms with Gasteiger partial charge >= 0.3 is 0 Å². The Morgan fingerprint density at radius 2 is 1.81 bits per heavy atom. The van der Waals surface area contributed by atoms with Gasteiger partial charge in [0.25, 0.3) is 0 Å². The largest absolute Gasteiger partial charge is 0.339 e. The summed E-state index contributed by atoms with van der Waals surface area (Å²) >= 11 is 2.99. The molecule has 2 aromatic heterocycles. The van der Waals surface area contributed by atoms with Crippen LogP contribution in [0.1, 0.15) is 13.8 Å². The third-order valence-electron chi connectivity index (χ3n) is 5.34. The minimum absolute atomic E-state index is 0.0184. The first-order valence-electron chi connectivity index (χ1n) is 10.4. The molecule has 4 rings (SSSR count). The number of thiophene rings is 1. The molecule has 1 aromatic carbocycles. The van der Waals surface area contributed by atoms with Crippen molar-refractivity contribution in [1.82, 2.24) is 24.0 Å². The highest BCUT2D eigenvalue weighted by Crippen LogP contribution is 2.30. The van der Waals surface area contributed by atoms with Gasteiger partial charge in [0.1, 0.15) is 0 Å². The molecule has 1 unspecified atom stereocenters. The van der Waals surface area contributed by atoms with E-state index in [1.165, 1.54) is 16.1 Å². The van der Waals surface area contributed by atoms with E-state index in [0.29, 0.717) is 24.8 Å². The molecule has 3 aromatic rings. The molecule has 0 aliphatic carbocycles. The summed E-state index contributed by atoms with van der Waals surface area (Å²) in [6.45, 7) is 5.91. The smallest absolute Gasteiger partial charge is 0.243 e. The van der Waals surface area contributed by atoms with E-state index in [-0.39, 0.29) is 29.1 Å². The number of hydrogen-bond acceptors (Lipinski definition) is 7. The van der Waals surface area contributed by atoms with Crippen molar-refractivity contribution >= 4 is 39.0 Å². The van der Waals surface area contributed by atoms with Gasteiger partial charge in [-0.1, -0.05) is 36.0 Å². The highest BCUT2D eigenvalue weighted by molar-refractivity contribution is 8.00. The van der Waals surface area contributed by atoms with Gasteiger partial charge in [0, 0.05) is 32.7 Å². The number of hydrogen-bond donors (Lipinski definition) is 0. The molecule has 1 aliphatic rings. The number of aromatic nitrogens is 3. The average molecular weight is 492 g/mol. The van der Waals surface area contributed by atoms with Gasteiger partial charge < -0.3 is 9.47 Å². The number of benzene rings is 1. The first-order chi connectivity index (χ1) is 15.4. The zero-order chi connectivity index (χ0) is 22.7. The Labute approximate surface area is 196 Å². The molecule has 0 N–H and O–H groups in total. The molecule has 8 nitrogen and oxygen atoms in total. The Kier molecular flexibility index (Phi) is 6.99. The second-order valence-electron chi connectivity index (χ2n) is 7.33. The van der Waals surface area contributed by atoms with Crippen molar-refractivity contribution in [3.8, 4) is 10.7 Å². The number of thioether (sulfide) groups is 1. The van der Waals surface area contributed by atoms with Crippen LogP contribution in [-0.2, 0) is 21.4 Å². The van der Waals surface area contributed by atoms with Gasteiger partial charge in [0.15, 0.2) is 11.0 Å². The number of carbonyl (C=O) groups is 1. The van der Waals surface area contributed by atoms with Crippen molar-refractivity contribution < 1.29 is 13.2 Å². The van der Waals surface area contributed by atoms with Crippen molar-refractivity contribution in [2.24, 2.45) is 0 Å². The van der Waals surface area contributed by atoms with E-state index >= 15 is 0 Å². The third-order valence-corrected chi connectivity index (χ3v) is 9.18. The summed E-state index contributed by atoms with van der Waals surface area (Å²) in [5.74, 6) is 0.791. The molecule has 0 radical (unpaired) electrons. The lowest BCUT2D eigenvalue weighted by molar-refractivity contribution is -0.131. The molecule has 1 fully saturated rings. The summed E-state index contributed by atoms with van der Waals surface area (Å²) in [4.78, 5) is 16.1. The third kappa shape index (κ3) is 4.61. The minimum Gasteiger partial charge on any atom is -0.339 e. The zero-order valence-electron chi connectivity index (χ0n) is 17.9. The Balaban J connectivity index is 1.39. The highest BCUT2D eigenvalue weighted by atomic mass is 32.2. The van der Waals surface area contributed by atoms with E-state index in [0.717, 1.165) is 10.7 Å². The predicted octanol–water partition coefficient (Wildman–Crippen LogP) is 3.04. The van der Waals surface area contributed by atoms with Gasteiger partial charge in [-0.2, -0.15) is 4.31 Å². The van der Waals surface area contributed by atoms with Gasteiger partial charge in [-0.05, 0) is 37.4 Å². The molecule has 32 heavy (non-hydrogen) atoms. The molecule has 0 bridgehead atoms. The van der Waals surface area contributed by atoms with E-state index < -0.39 is 10.0 Å². The molecule has 11 heteroatoms. The first kappa shape index (κ1) is 23.0. The molecule has 1 amide bonds. The summed E-state index contributed by atoms with van der Waals surface area (Å²) in [6, 6.07) is 12.4. The molecule has 0 saturated carbocycles. The van der Waals surface area contributed by atoms with Crippen LogP contribution in [0, 0.1) is 0 Å². The number of carbonyl (C=O) groups excluding carboxylic acids is 1. The van der Waals surface area contributed by atoms with Gasteiger partial charge in [-0.15, -0.1) is 21.5 Å². The fraction of sp³-hybridized carbons (Fsp3) is 0.381. The second kappa shape index (κ2) is 9.74. The van der Waals surface area contributed by atoms with Crippen LogP contribution in [0.3, 0.4) is 0 Å². The SMILES string of the molecule is CCn1c(SC(C)C(=O)N2CCN(S(=O)(=O)c3ccccc3)CC2)nnc1-c1cccs1. The Morgan fingerprint density at radius 1 is 1.09 bits per heavy atom. The summed E-state index contributed by atoms with van der Waals surface area (Å²) in [7, 11) is -3.54. The monoisotopic (exact) mass is 491 g/mol. The van der Waals surface area contributed by atoms with E-state index in [1.54, 1.807) is 46.6 Å². The number of rotatable bonds is 7. The molecule has 1 aliphatic heterocycles. The minimum atomic E-state index is -3.54. The topological polar surface area (TPSA) is 88.4 Å². The summed E-state index contributed by atoms with van der Waals surface area (Å²) in [6.07, 6.45) is 0. The number of amides is 1. The Hall–Kier alpha value is -2.21. The molecule has 1 saturated heterocycles. The lowest BCUT2D eigenvalue weighted by atomic mass is 10.3.